The first-order valence-corrected chi connectivity index (χ1v) is 5.66. The van der Waals surface area contributed by atoms with Crippen LogP contribution in [0.2, 0.25) is 10.0 Å². The molecule has 0 bridgehead atoms. The monoisotopic (exact) mass is 246 g/mol. The van der Waals surface area contributed by atoms with Crippen molar-refractivity contribution in [2.75, 3.05) is 18.5 Å². The van der Waals surface area contributed by atoms with Gasteiger partial charge >= 0.3 is 0 Å². The lowest BCUT2D eigenvalue weighted by Gasteiger charge is -2.23. The Hall–Kier alpha value is -0.510. The Labute approximate surface area is 98.7 Å². The van der Waals surface area contributed by atoms with Gasteiger partial charge < -0.3 is 10.1 Å². The molecule has 2 rings (SSSR count). The quantitative estimate of drug-likeness (QED) is 0.872. The van der Waals surface area contributed by atoms with E-state index in [9.17, 15) is 0 Å². The molecule has 0 aromatic carbocycles. The van der Waals surface area contributed by atoms with Gasteiger partial charge in [-0.1, -0.05) is 23.2 Å². The van der Waals surface area contributed by atoms with E-state index in [0.717, 1.165) is 26.1 Å². The molecule has 1 fully saturated rings. The van der Waals surface area contributed by atoms with Crippen molar-refractivity contribution < 1.29 is 4.74 Å². The van der Waals surface area contributed by atoms with E-state index >= 15 is 0 Å². The average molecular weight is 247 g/mol. The van der Waals surface area contributed by atoms with Crippen LogP contribution < -0.4 is 5.32 Å². The highest BCUT2D eigenvalue weighted by atomic mass is 35.5. The van der Waals surface area contributed by atoms with Crippen LogP contribution in [0.15, 0.2) is 12.3 Å². The van der Waals surface area contributed by atoms with Crippen LogP contribution in [-0.4, -0.2) is 24.2 Å². The normalized spacial score (nSPS) is 17.7. The molecule has 1 N–H and O–H groups in total. The highest BCUT2D eigenvalue weighted by molar-refractivity contribution is 6.35. The Morgan fingerprint density at radius 1 is 1.33 bits per heavy atom. The summed E-state index contributed by atoms with van der Waals surface area (Å²) in [5.41, 5.74) is 0. The molecule has 1 aromatic rings. The number of hydrogen-bond donors (Lipinski definition) is 1. The van der Waals surface area contributed by atoms with Gasteiger partial charge in [0.2, 0.25) is 0 Å². The second-order valence-electron chi connectivity index (χ2n) is 3.51. The first kappa shape index (κ1) is 11.0. The molecule has 0 radical (unpaired) electrons. The predicted molar refractivity (Wildman–Crippen MR) is 61.7 cm³/mol. The van der Waals surface area contributed by atoms with E-state index in [0.29, 0.717) is 21.9 Å². The summed E-state index contributed by atoms with van der Waals surface area (Å²) in [5, 5.41) is 4.41. The van der Waals surface area contributed by atoms with Gasteiger partial charge in [-0.05, 0) is 18.9 Å². The molecular formula is C10H12Cl2N2O. The molecule has 15 heavy (non-hydrogen) atoms. The van der Waals surface area contributed by atoms with Gasteiger partial charge in [0.25, 0.3) is 0 Å². The minimum absolute atomic E-state index is 0.393. The maximum absolute atomic E-state index is 6.01. The van der Waals surface area contributed by atoms with Crippen LogP contribution in [0.25, 0.3) is 0 Å². The van der Waals surface area contributed by atoms with Crippen molar-refractivity contribution in [1.29, 1.82) is 0 Å². The topological polar surface area (TPSA) is 34.2 Å². The summed E-state index contributed by atoms with van der Waals surface area (Å²) in [6.45, 7) is 1.59. The van der Waals surface area contributed by atoms with Crippen LogP contribution in [-0.2, 0) is 4.74 Å². The Balaban J connectivity index is 2.03. The predicted octanol–water partition coefficient (Wildman–Crippen LogP) is 2.98. The molecule has 82 valence electrons. The lowest BCUT2D eigenvalue weighted by Crippen LogP contribution is -2.28. The molecule has 0 aliphatic carbocycles. The summed E-state index contributed by atoms with van der Waals surface area (Å²) >= 11 is 11.8. The van der Waals surface area contributed by atoms with Crippen molar-refractivity contribution >= 4 is 29.0 Å². The van der Waals surface area contributed by atoms with Crippen molar-refractivity contribution in [3.63, 3.8) is 0 Å². The van der Waals surface area contributed by atoms with Crippen molar-refractivity contribution in [2.24, 2.45) is 0 Å². The fourth-order valence-electron chi connectivity index (χ4n) is 1.56. The number of ether oxygens (including phenoxy) is 1. The molecule has 1 aliphatic heterocycles. The van der Waals surface area contributed by atoms with Gasteiger partial charge in [-0.15, -0.1) is 0 Å². The van der Waals surface area contributed by atoms with Crippen molar-refractivity contribution in [3.8, 4) is 0 Å². The van der Waals surface area contributed by atoms with Gasteiger partial charge in [0, 0.05) is 25.5 Å². The van der Waals surface area contributed by atoms with E-state index in [1.54, 1.807) is 12.3 Å². The number of nitrogens with zero attached hydrogens (tertiary/aromatic N) is 1. The molecule has 3 nitrogen and oxygen atoms in total. The number of rotatable bonds is 2. The van der Waals surface area contributed by atoms with Crippen LogP contribution in [0.1, 0.15) is 12.8 Å². The van der Waals surface area contributed by atoms with E-state index < -0.39 is 0 Å². The Bertz CT molecular complexity index is 340. The molecule has 0 spiro atoms. The molecule has 0 unspecified atom stereocenters. The molecule has 0 atom stereocenters. The van der Waals surface area contributed by atoms with Crippen LogP contribution in [0, 0.1) is 0 Å². The summed E-state index contributed by atoms with van der Waals surface area (Å²) in [5.74, 6) is 0.702. The summed E-state index contributed by atoms with van der Waals surface area (Å²) in [6, 6.07) is 2.09. The first-order valence-electron chi connectivity index (χ1n) is 4.91. The molecule has 1 aliphatic rings. The fraction of sp³-hybridized carbons (Fsp3) is 0.500. The third kappa shape index (κ3) is 2.97. The van der Waals surface area contributed by atoms with Crippen molar-refractivity contribution in [2.45, 2.75) is 18.9 Å². The minimum atomic E-state index is 0.393. The Kier molecular flexibility index (Phi) is 3.67. The molecule has 0 amide bonds. The second kappa shape index (κ2) is 5.01. The van der Waals surface area contributed by atoms with Crippen LogP contribution in [0.3, 0.4) is 0 Å². The average Bonchev–Trinajstić information content (AvgIpc) is 2.24. The first-order chi connectivity index (χ1) is 7.25. The molecule has 1 aromatic heterocycles. The third-order valence-electron chi connectivity index (χ3n) is 2.37. The zero-order valence-corrected chi connectivity index (χ0v) is 9.68. The minimum Gasteiger partial charge on any atom is -0.381 e. The molecular weight excluding hydrogens is 235 g/mol. The standard InChI is InChI=1S/C10H12Cl2N2O/c11-7-5-9(12)10(13-6-7)14-8-1-3-15-4-2-8/h5-6,8H,1-4H2,(H,13,14). The maximum atomic E-state index is 6.01. The number of nitrogens with one attached hydrogen (secondary N) is 1. The van der Waals surface area contributed by atoms with Gasteiger partial charge in [-0.3, -0.25) is 0 Å². The van der Waals surface area contributed by atoms with Crippen LogP contribution in [0.5, 0.6) is 0 Å². The fourth-order valence-corrected chi connectivity index (χ4v) is 1.99. The largest absolute Gasteiger partial charge is 0.381 e. The van der Waals surface area contributed by atoms with Gasteiger partial charge in [0.05, 0.1) is 10.0 Å². The van der Waals surface area contributed by atoms with E-state index in [2.05, 4.69) is 10.3 Å². The lowest BCUT2D eigenvalue weighted by molar-refractivity contribution is 0.0904. The number of pyridine rings is 1. The lowest BCUT2D eigenvalue weighted by atomic mass is 10.1. The number of aromatic nitrogens is 1. The number of halogens is 2. The Morgan fingerprint density at radius 2 is 2.07 bits per heavy atom. The summed E-state index contributed by atoms with van der Waals surface area (Å²) in [7, 11) is 0. The van der Waals surface area contributed by atoms with Crippen LogP contribution >= 0.6 is 23.2 Å². The van der Waals surface area contributed by atoms with Crippen molar-refractivity contribution in [1.82, 2.24) is 4.98 Å². The number of hydrogen-bond acceptors (Lipinski definition) is 3. The molecule has 1 saturated heterocycles. The van der Waals surface area contributed by atoms with E-state index in [1.165, 1.54) is 0 Å². The van der Waals surface area contributed by atoms with Gasteiger partial charge in [0.1, 0.15) is 5.82 Å². The van der Waals surface area contributed by atoms with Crippen molar-refractivity contribution in [3.05, 3.63) is 22.3 Å². The number of anilines is 1. The zero-order valence-electron chi connectivity index (χ0n) is 8.17. The van der Waals surface area contributed by atoms with Crippen LogP contribution in [0.4, 0.5) is 5.82 Å². The molecule has 2 heterocycles. The smallest absolute Gasteiger partial charge is 0.145 e. The highest BCUT2D eigenvalue weighted by Gasteiger charge is 2.15. The maximum Gasteiger partial charge on any atom is 0.145 e. The summed E-state index contributed by atoms with van der Waals surface area (Å²) < 4.78 is 5.27. The van der Waals surface area contributed by atoms with Gasteiger partial charge in [0.15, 0.2) is 0 Å². The Morgan fingerprint density at radius 3 is 2.73 bits per heavy atom. The molecule has 5 heteroatoms. The van der Waals surface area contributed by atoms with E-state index in [4.69, 9.17) is 27.9 Å². The second-order valence-corrected chi connectivity index (χ2v) is 4.36. The third-order valence-corrected chi connectivity index (χ3v) is 2.86. The summed E-state index contributed by atoms with van der Waals surface area (Å²) in [6.07, 6.45) is 3.57. The zero-order chi connectivity index (χ0) is 10.7. The SMILES string of the molecule is Clc1cnc(NC2CCOCC2)c(Cl)c1. The molecule has 0 saturated carbocycles. The summed E-state index contributed by atoms with van der Waals surface area (Å²) in [4.78, 5) is 4.16. The van der Waals surface area contributed by atoms with E-state index in [-0.39, 0.29) is 0 Å². The highest BCUT2D eigenvalue weighted by Crippen LogP contribution is 2.24. The van der Waals surface area contributed by atoms with Gasteiger partial charge in [-0.2, -0.15) is 0 Å². The van der Waals surface area contributed by atoms with E-state index in [1.807, 2.05) is 0 Å². The van der Waals surface area contributed by atoms with Gasteiger partial charge in [-0.25, -0.2) is 4.98 Å².